The van der Waals surface area contributed by atoms with Crippen molar-refractivity contribution in [2.24, 2.45) is 0 Å². The summed E-state index contributed by atoms with van der Waals surface area (Å²) in [5, 5.41) is 4.85. The lowest BCUT2D eigenvalue weighted by Gasteiger charge is -2.31. The Morgan fingerprint density at radius 1 is 1.13 bits per heavy atom. The van der Waals surface area contributed by atoms with Crippen LogP contribution in [0.1, 0.15) is 44.9 Å². The lowest BCUT2D eigenvalue weighted by atomic mass is 9.96. The highest BCUT2D eigenvalue weighted by Gasteiger charge is 2.20. The number of carbonyl (C=O) groups excluding carboxylic acids is 1. The highest BCUT2D eigenvalue weighted by molar-refractivity contribution is 5.74. The first kappa shape index (κ1) is 10.7. The largest absolute Gasteiger partial charge is 0.334 e. The number of carbonyl (C=O) groups is 1. The molecule has 2 N–H and O–H groups in total. The quantitative estimate of drug-likeness (QED) is 0.692. The van der Waals surface area contributed by atoms with Crippen molar-refractivity contribution in [3.05, 3.63) is 0 Å². The van der Waals surface area contributed by atoms with E-state index in [9.17, 15) is 4.79 Å². The van der Waals surface area contributed by atoms with Crippen LogP contribution in [-0.4, -0.2) is 30.2 Å². The van der Waals surface area contributed by atoms with Crippen LogP contribution in [0, 0.1) is 0 Å². The van der Waals surface area contributed by atoms with Gasteiger partial charge in [0.25, 0.3) is 0 Å². The van der Waals surface area contributed by atoms with Gasteiger partial charge in [-0.1, -0.05) is 19.3 Å². The SMILES string of the molecule is O=C(NC1CCCCC1)N1CCCCN1. The molecule has 1 heterocycles. The monoisotopic (exact) mass is 211 g/mol. The molecule has 1 saturated carbocycles. The lowest BCUT2D eigenvalue weighted by molar-refractivity contribution is 0.148. The molecule has 0 atom stereocenters. The number of amides is 2. The molecule has 1 aliphatic carbocycles. The summed E-state index contributed by atoms with van der Waals surface area (Å²) in [4.78, 5) is 11.8. The maximum absolute atomic E-state index is 11.8. The molecule has 0 aromatic rings. The van der Waals surface area contributed by atoms with Crippen LogP contribution in [0.3, 0.4) is 0 Å². The van der Waals surface area contributed by atoms with Gasteiger partial charge in [-0.05, 0) is 25.7 Å². The Morgan fingerprint density at radius 3 is 2.60 bits per heavy atom. The molecule has 1 aliphatic heterocycles. The number of nitrogens with zero attached hydrogens (tertiary/aromatic N) is 1. The van der Waals surface area contributed by atoms with E-state index in [1.165, 1.54) is 25.7 Å². The predicted octanol–water partition coefficient (Wildman–Crippen LogP) is 1.63. The number of hydrogen-bond acceptors (Lipinski definition) is 2. The molecule has 86 valence electrons. The molecule has 0 unspecified atom stereocenters. The summed E-state index contributed by atoms with van der Waals surface area (Å²) < 4.78 is 0. The zero-order valence-corrected chi connectivity index (χ0v) is 9.30. The smallest absolute Gasteiger partial charge is 0.331 e. The molecule has 0 spiro atoms. The van der Waals surface area contributed by atoms with E-state index in [0.29, 0.717) is 6.04 Å². The molecule has 0 aromatic heterocycles. The molecular weight excluding hydrogens is 190 g/mol. The van der Waals surface area contributed by atoms with Crippen LogP contribution in [0.4, 0.5) is 4.79 Å². The molecule has 2 fully saturated rings. The van der Waals surface area contributed by atoms with Crippen LogP contribution >= 0.6 is 0 Å². The van der Waals surface area contributed by atoms with E-state index in [-0.39, 0.29) is 6.03 Å². The molecule has 0 radical (unpaired) electrons. The Morgan fingerprint density at radius 2 is 1.93 bits per heavy atom. The first-order chi connectivity index (χ1) is 7.36. The number of hydrogen-bond donors (Lipinski definition) is 2. The standard InChI is InChI=1S/C11H21N3O/c15-11(14-9-5-4-8-12-14)13-10-6-2-1-3-7-10/h10,12H,1-9H2,(H,13,15). The molecule has 1 saturated heterocycles. The summed E-state index contributed by atoms with van der Waals surface area (Å²) in [6.45, 7) is 1.77. The summed E-state index contributed by atoms with van der Waals surface area (Å²) in [7, 11) is 0. The third-order valence-electron chi connectivity index (χ3n) is 3.29. The van der Waals surface area contributed by atoms with Gasteiger partial charge >= 0.3 is 6.03 Å². The van der Waals surface area contributed by atoms with Gasteiger partial charge in [0, 0.05) is 19.1 Å². The van der Waals surface area contributed by atoms with Crippen LogP contribution < -0.4 is 10.7 Å². The zero-order chi connectivity index (χ0) is 10.5. The van der Waals surface area contributed by atoms with Crippen LogP contribution in [0.15, 0.2) is 0 Å². The molecular formula is C11H21N3O. The van der Waals surface area contributed by atoms with Gasteiger partial charge in [0.2, 0.25) is 0 Å². The summed E-state index contributed by atoms with van der Waals surface area (Å²) in [5.41, 5.74) is 3.13. The first-order valence-corrected chi connectivity index (χ1v) is 6.18. The lowest BCUT2D eigenvalue weighted by Crippen LogP contribution is -2.53. The van der Waals surface area contributed by atoms with Gasteiger partial charge in [-0.2, -0.15) is 0 Å². The van der Waals surface area contributed by atoms with Crippen molar-refractivity contribution in [2.45, 2.75) is 51.0 Å². The van der Waals surface area contributed by atoms with Crippen molar-refractivity contribution in [1.29, 1.82) is 0 Å². The summed E-state index contributed by atoms with van der Waals surface area (Å²) >= 11 is 0. The van der Waals surface area contributed by atoms with Crippen LogP contribution in [0.2, 0.25) is 0 Å². The zero-order valence-electron chi connectivity index (χ0n) is 9.30. The second-order valence-electron chi connectivity index (χ2n) is 4.55. The minimum absolute atomic E-state index is 0.0709. The van der Waals surface area contributed by atoms with Gasteiger partial charge in [-0.15, -0.1) is 0 Å². The van der Waals surface area contributed by atoms with Crippen molar-refractivity contribution in [3.8, 4) is 0 Å². The van der Waals surface area contributed by atoms with E-state index in [2.05, 4.69) is 10.7 Å². The molecule has 4 nitrogen and oxygen atoms in total. The highest BCUT2D eigenvalue weighted by Crippen LogP contribution is 2.17. The average Bonchev–Trinajstić information content (AvgIpc) is 2.31. The minimum Gasteiger partial charge on any atom is -0.334 e. The van der Waals surface area contributed by atoms with Crippen molar-refractivity contribution in [3.63, 3.8) is 0 Å². The molecule has 2 aliphatic rings. The van der Waals surface area contributed by atoms with E-state index < -0.39 is 0 Å². The maximum Gasteiger partial charge on any atom is 0.331 e. The highest BCUT2D eigenvalue weighted by atomic mass is 16.2. The maximum atomic E-state index is 11.8. The fourth-order valence-electron chi connectivity index (χ4n) is 2.36. The van der Waals surface area contributed by atoms with Crippen LogP contribution in [-0.2, 0) is 0 Å². The van der Waals surface area contributed by atoms with Gasteiger partial charge in [0.1, 0.15) is 0 Å². The Hall–Kier alpha value is -0.770. The predicted molar refractivity (Wildman–Crippen MR) is 59.3 cm³/mol. The Kier molecular flexibility index (Phi) is 3.83. The van der Waals surface area contributed by atoms with Crippen molar-refractivity contribution in [1.82, 2.24) is 15.8 Å². The Bertz CT molecular complexity index is 208. The van der Waals surface area contributed by atoms with Crippen molar-refractivity contribution >= 4 is 6.03 Å². The Balaban J connectivity index is 1.74. The fraction of sp³-hybridized carbons (Fsp3) is 0.909. The fourth-order valence-corrected chi connectivity index (χ4v) is 2.36. The number of urea groups is 1. The second-order valence-corrected chi connectivity index (χ2v) is 4.55. The molecule has 2 rings (SSSR count). The summed E-state index contributed by atoms with van der Waals surface area (Å²) in [6, 6.07) is 0.483. The average molecular weight is 211 g/mol. The third-order valence-corrected chi connectivity index (χ3v) is 3.29. The van der Waals surface area contributed by atoms with E-state index in [1.54, 1.807) is 5.01 Å². The minimum atomic E-state index is 0.0709. The van der Waals surface area contributed by atoms with E-state index in [1.807, 2.05) is 0 Å². The summed E-state index contributed by atoms with van der Waals surface area (Å²) in [5.74, 6) is 0. The third kappa shape index (κ3) is 3.09. The topological polar surface area (TPSA) is 44.4 Å². The number of hydrazine groups is 1. The van der Waals surface area contributed by atoms with Crippen molar-refractivity contribution < 1.29 is 4.79 Å². The summed E-state index contributed by atoms with van der Waals surface area (Å²) in [6.07, 6.45) is 8.45. The van der Waals surface area contributed by atoms with Gasteiger partial charge in [0.05, 0.1) is 0 Å². The molecule has 15 heavy (non-hydrogen) atoms. The molecule has 0 aromatic carbocycles. The first-order valence-electron chi connectivity index (χ1n) is 6.18. The van der Waals surface area contributed by atoms with Crippen molar-refractivity contribution in [2.75, 3.05) is 13.1 Å². The number of rotatable bonds is 1. The van der Waals surface area contributed by atoms with Gasteiger partial charge in [-0.25, -0.2) is 10.2 Å². The van der Waals surface area contributed by atoms with Gasteiger partial charge in [0.15, 0.2) is 0 Å². The van der Waals surface area contributed by atoms with E-state index >= 15 is 0 Å². The van der Waals surface area contributed by atoms with E-state index in [4.69, 9.17) is 0 Å². The van der Waals surface area contributed by atoms with E-state index in [0.717, 1.165) is 32.4 Å². The van der Waals surface area contributed by atoms with Gasteiger partial charge < -0.3 is 5.32 Å². The van der Waals surface area contributed by atoms with Gasteiger partial charge in [-0.3, -0.25) is 5.01 Å². The Labute approximate surface area is 91.4 Å². The molecule has 2 amide bonds. The van der Waals surface area contributed by atoms with Crippen LogP contribution in [0.5, 0.6) is 0 Å². The second kappa shape index (κ2) is 5.35. The van der Waals surface area contributed by atoms with Crippen LogP contribution in [0.25, 0.3) is 0 Å². The number of nitrogens with one attached hydrogen (secondary N) is 2. The molecule has 0 bridgehead atoms. The normalized spacial score (nSPS) is 23.9. The molecule has 4 heteroatoms.